The minimum Gasteiger partial charge on any atom is -0.462 e. The van der Waals surface area contributed by atoms with Gasteiger partial charge in [-0.3, -0.25) is 4.79 Å². The maximum atomic E-state index is 11.6. The molecule has 0 aliphatic heterocycles. The van der Waals surface area contributed by atoms with Gasteiger partial charge in [0, 0.05) is 12.5 Å². The largest absolute Gasteiger partial charge is 0.462 e. The summed E-state index contributed by atoms with van der Waals surface area (Å²) in [5.74, 6) is 5.44. The Balaban J connectivity index is 2.05. The van der Waals surface area contributed by atoms with E-state index < -0.39 is 0 Å². The third-order valence-electron chi connectivity index (χ3n) is 4.12. The zero-order valence-corrected chi connectivity index (χ0v) is 15.5. The molecule has 26 heavy (non-hydrogen) atoms. The maximum Gasteiger partial charge on any atom is 0.338 e. The quantitative estimate of drug-likeness (QED) is 0.602. The van der Waals surface area contributed by atoms with Gasteiger partial charge in [0.15, 0.2) is 0 Å². The molecule has 136 valence electrons. The van der Waals surface area contributed by atoms with Crippen molar-refractivity contribution in [3.05, 3.63) is 58.7 Å². The van der Waals surface area contributed by atoms with Gasteiger partial charge in [-0.1, -0.05) is 17.4 Å². The van der Waals surface area contributed by atoms with Crippen LogP contribution in [0, 0.1) is 11.8 Å². The molecule has 0 fully saturated rings. The lowest BCUT2D eigenvalue weighted by Gasteiger charge is -2.25. The second-order valence-electron chi connectivity index (χ2n) is 6.13. The van der Waals surface area contributed by atoms with E-state index in [0.29, 0.717) is 12.2 Å². The molecule has 2 rings (SSSR count). The molecule has 0 spiro atoms. The van der Waals surface area contributed by atoms with Gasteiger partial charge in [0.1, 0.15) is 6.10 Å². The normalized spacial score (nSPS) is 16.8. The predicted molar refractivity (Wildman–Crippen MR) is 101 cm³/mol. The standard InChI is InChI=1S/C22H24O4/c1-4-25-22(24)19-14-12-18(13-15-19)9-5-6-10-20-16(2)8-7-11-21(20)26-17(3)23/h6,10,12-15,21H,4,7-8,11H2,1-3H3. The van der Waals surface area contributed by atoms with E-state index in [4.69, 9.17) is 9.47 Å². The zero-order valence-electron chi connectivity index (χ0n) is 15.5. The van der Waals surface area contributed by atoms with E-state index in [1.807, 2.05) is 6.08 Å². The lowest BCUT2D eigenvalue weighted by molar-refractivity contribution is -0.144. The average Bonchev–Trinajstić information content (AvgIpc) is 2.61. The van der Waals surface area contributed by atoms with E-state index >= 15 is 0 Å². The number of ether oxygens (including phenoxy) is 2. The molecule has 0 saturated heterocycles. The van der Waals surface area contributed by atoms with E-state index in [-0.39, 0.29) is 18.0 Å². The van der Waals surface area contributed by atoms with Gasteiger partial charge >= 0.3 is 11.9 Å². The van der Waals surface area contributed by atoms with Gasteiger partial charge < -0.3 is 9.47 Å². The molecule has 1 aliphatic rings. The molecule has 1 aliphatic carbocycles. The summed E-state index contributed by atoms with van der Waals surface area (Å²) in [6, 6.07) is 6.99. The van der Waals surface area contributed by atoms with Crippen LogP contribution in [0.4, 0.5) is 0 Å². The molecule has 0 heterocycles. The number of allylic oxidation sites excluding steroid dienone is 2. The van der Waals surface area contributed by atoms with Crippen molar-refractivity contribution < 1.29 is 19.1 Å². The summed E-state index contributed by atoms with van der Waals surface area (Å²) in [7, 11) is 0. The summed E-state index contributed by atoms with van der Waals surface area (Å²) in [5.41, 5.74) is 3.60. The van der Waals surface area contributed by atoms with Crippen LogP contribution < -0.4 is 0 Å². The van der Waals surface area contributed by atoms with Crippen LogP contribution in [-0.4, -0.2) is 24.6 Å². The van der Waals surface area contributed by atoms with Crippen LogP contribution in [0.25, 0.3) is 0 Å². The van der Waals surface area contributed by atoms with Crippen LogP contribution in [0.2, 0.25) is 0 Å². The van der Waals surface area contributed by atoms with Crippen molar-refractivity contribution in [2.75, 3.05) is 6.61 Å². The molecule has 1 aromatic carbocycles. The number of carbonyl (C=O) groups excluding carboxylic acids is 2. The fraction of sp³-hybridized carbons (Fsp3) is 0.364. The number of carbonyl (C=O) groups is 2. The van der Waals surface area contributed by atoms with Crippen LogP contribution in [0.5, 0.6) is 0 Å². The zero-order chi connectivity index (χ0) is 18.9. The van der Waals surface area contributed by atoms with Crippen LogP contribution in [0.15, 0.2) is 47.6 Å². The number of esters is 2. The number of benzene rings is 1. The maximum absolute atomic E-state index is 11.6. The second kappa shape index (κ2) is 9.62. The number of hydrogen-bond acceptors (Lipinski definition) is 4. The lowest BCUT2D eigenvalue weighted by atomic mass is 9.90. The summed E-state index contributed by atoms with van der Waals surface area (Å²) < 4.78 is 10.4. The Hall–Kier alpha value is -2.80. The highest BCUT2D eigenvalue weighted by molar-refractivity contribution is 5.89. The molecule has 1 aromatic rings. The van der Waals surface area contributed by atoms with E-state index in [1.165, 1.54) is 12.5 Å². The SMILES string of the molecule is CCOC(=O)c1ccc(C#CC=CC2=C(C)CCCC2OC(C)=O)cc1. The van der Waals surface area contributed by atoms with Gasteiger partial charge in [0.2, 0.25) is 0 Å². The van der Waals surface area contributed by atoms with Crippen molar-refractivity contribution in [2.45, 2.75) is 46.1 Å². The van der Waals surface area contributed by atoms with E-state index in [0.717, 1.165) is 30.4 Å². The van der Waals surface area contributed by atoms with Crippen LogP contribution in [0.3, 0.4) is 0 Å². The Morgan fingerprint density at radius 1 is 1.27 bits per heavy atom. The summed E-state index contributed by atoms with van der Waals surface area (Å²) >= 11 is 0. The molecule has 0 saturated carbocycles. The van der Waals surface area contributed by atoms with Gasteiger partial charge in [-0.25, -0.2) is 4.79 Å². The third kappa shape index (κ3) is 5.63. The second-order valence-corrected chi connectivity index (χ2v) is 6.13. The fourth-order valence-electron chi connectivity index (χ4n) is 2.86. The minimum atomic E-state index is -0.330. The first kappa shape index (κ1) is 19.5. The third-order valence-corrected chi connectivity index (χ3v) is 4.12. The highest BCUT2D eigenvalue weighted by Gasteiger charge is 2.21. The van der Waals surface area contributed by atoms with Gasteiger partial charge in [-0.2, -0.15) is 0 Å². The van der Waals surface area contributed by atoms with E-state index in [9.17, 15) is 9.59 Å². The van der Waals surface area contributed by atoms with Crippen LogP contribution >= 0.6 is 0 Å². The monoisotopic (exact) mass is 352 g/mol. The van der Waals surface area contributed by atoms with Gasteiger partial charge in [-0.05, 0) is 75.1 Å². The van der Waals surface area contributed by atoms with Gasteiger partial charge in [0.25, 0.3) is 0 Å². The molecule has 4 nitrogen and oxygen atoms in total. The Morgan fingerprint density at radius 2 is 2.00 bits per heavy atom. The average molecular weight is 352 g/mol. The first-order valence-corrected chi connectivity index (χ1v) is 8.83. The molecule has 0 N–H and O–H groups in total. The fourth-order valence-corrected chi connectivity index (χ4v) is 2.86. The van der Waals surface area contributed by atoms with Crippen molar-refractivity contribution in [2.24, 2.45) is 0 Å². The molecular weight excluding hydrogens is 328 g/mol. The predicted octanol–water partition coefficient (Wildman–Crippen LogP) is 4.20. The Bertz CT molecular complexity index is 773. The Labute approximate surface area is 154 Å². The Morgan fingerprint density at radius 3 is 2.65 bits per heavy atom. The van der Waals surface area contributed by atoms with Crippen molar-refractivity contribution in [1.29, 1.82) is 0 Å². The van der Waals surface area contributed by atoms with Crippen molar-refractivity contribution in [3.63, 3.8) is 0 Å². The minimum absolute atomic E-state index is 0.178. The lowest BCUT2D eigenvalue weighted by Crippen LogP contribution is -2.22. The van der Waals surface area contributed by atoms with Crippen molar-refractivity contribution in [1.82, 2.24) is 0 Å². The van der Waals surface area contributed by atoms with Crippen LogP contribution in [0.1, 0.15) is 56.0 Å². The summed E-state index contributed by atoms with van der Waals surface area (Å²) in [6.45, 7) is 5.64. The molecule has 0 amide bonds. The van der Waals surface area contributed by atoms with Crippen LogP contribution in [-0.2, 0) is 14.3 Å². The summed E-state index contributed by atoms with van der Waals surface area (Å²) in [5, 5.41) is 0. The van der Waals surface area contributed by atoms with E-state index in [1.54, 1.807) is 37.3 Å². The Kier molecular flexibility index (Phi) is 7.23. The molecule has 0 radical (unpaired) electrons. The van der Waals surface area contributed by atoms with E-state index in [2.05, 4.69) is 18.8 Å². The molecular formula is C22H24O4. The summed E-state index contributed by atoms with van der Waals surface area (Å²) in [4.78, 5) is 22.9. The first-order chi connectivity index (χ1) is 12.5. The molecule has 4 heteroatoms. The number of rotatable bonds is 4. The molecule has 0 aromatic heterocycles. The van der Waals surface area contributed by atoms with Gasteiger partial charge in [0.05, 0.1) is 12.2 Å². The molecule has 1 atom stereocenters. The van der Waals surface area contributed by atoms with Crippen molar-refractivity contribution in [3.8, 4) is 11.8 Å². The first-order valence-electron chi connectivity index (χ1n) is 8.83. The highest BCUT2D eigenvalue weighted by Crippen LogP contribution is 2.28. The van der Waals surface area contributed by atoms with Gasteiger partial charge in [-0.15, -0.1) is 0 Å². The summed E-state index contributed by atoms with van der Waals surface area (Å²) in [6.07, 6.45) is 6.42. The molecule has 1 unspecified atom stereocenters. The van der Waals surface area contributed by atoms with Crippen molar-refractivity contribution >= 4 is 11.9 Å². The smallest absolute Gasteiger partial charge is 0.338 e. The molecule has 0 bridgehead atoms. The number of hydrogen-bond donors (Lipinski definition) is 0. The highest BCUT2D eigenvalue weighted by atomic mass is 16.5. The topological polar surface area (TPSA) is 52.6 Å².